The fraction of sp³-hybridized carbons (Fsp3) is 0.694. The highest BCUT2D eigenvalue weighted by molar-refractivity contribution is 5.76. The zero-order valence-electron chi connectivity index (χ0n) is 39.3. The zero-order valence-corrected chi connectivity index (χ0v) is 39.3. The summed E-state index contributed by atoms with van der Waals surface area (Å²) >= 11 is 0. The Balaban J connectivity index is 1.62. The van der Waals surface area contributed by atoms with Crippen LogP contribution >= 0.6 is 0 Å². The highest BCUT2D eigenvalue weighted by Gasteiger charge is 2.53. The van der Waals surface area contributed by atoms with Crippen molar-refractivity contribution in [1.29, 1.82) is 0 Å². The number of hydrogen-bond donors (Lipinski definition) is 12. The van der Waals surface area contributed by atoms with Gasteiger partial charge in [0, 0.05) is 6.42 Å². The molecule has 0 aliphatic carbocycles. The predicted octanol–water partition coefficient (Wildman–Crippen LogP) is 0.521. The van der Waals surface area contributed by atoms with Crippen molar-refractivity contribution in [2.45, 2.75) is 189 Å². The minimum atomic E-state index is -1.99. The van der Waals surface area contributed by atoms with Crippen LogP contribution in [-0.2, 0) is 33.2 Å². The largest absolute Gasteiger partial charge is 0.394 e. The van der Waals surface area contributed by atoms with Crippen molar-refractivity contribution < 1.29 is 89.4 Å². The van der Waals surface area contributed by atoms with E-state index in [-0.39, 0.29) is 12.3 Å². The van der Waals surface area contributed by atoms with Crippen molar-refractivity contribution in [1.82, 2.24) is 5.32 Å². The predicted molar refractivity (Wildman–Crippen MR) is 249 cm³/mol. The average Bonchev–Trinajstić information content (AvgIpc) is 3.33. The van der Waals surface area contributed by atoms with Crippen LogP contribution < -0.4 is 5.32 Å². The molecule has 3 fully saturated rings. The number of ether oxygens (including phenoxy) is 6. The van der Waals surface area contributed by atoms with Crippen LogP contribution in [0.25, 0.3) is 0 Å². The Labute approximate surface area is 400 Å². The number of aliphatic hydroxyl groups is 11. The van der Waals surface area contributed by atoms with Gasteiger partial charge < -0.3 is 89.9 Å². The van der Waals surface area contributed by atoms with E-state index in [2.05, 4.69) is 73.8 Å². The summed E-state index contributed by atoms with van der Waals surface area (Å²) in [6, 6.07) is -1.03. The fourth-order valence-corrected chi connectivity index (χ4v) is 7.47. The van der Waals surface area contributed by atoms with Crippen molar-refractivity contribution >= 4 is 5.91 Å². The first-order valence-corrected chi connectivity index (χ1v) is 23.8. The number of nitrogens with one attached hydrogen (secondary N) is 1. The summed E-state index contributed by atoms with van der Waals surface area (Å²) in [4.78, 5) is 13.1. The maximum Gasteiger partial charge on any atom is 0.220 e. The summed E-state index contributed by atoms with van der Waals surface area (Å²) in [6.45, 7) is 1.31. The number of rotatable bonds is 30. The molecule has 3 aliphatic rings. The van der Waals surface area contributed by atoms with Gasteiger partial charge in [-0.15, -0.1) is 0 Å². The molecule has 0 saturated carbocycles. The van der Waals surface area contributed by atoms with Crippen molar-refractivity contribution in [3.63, 3.8) is 0 Å². The second kappa shape index (κ2) is 33.5. The van der Waals surface area contributed by atoms with Gasteiger partial charge in [0.1, 0.15) is 73.2 Å². The van der Waals surface area contributed by atoms with Gasteiger partial charge in [-0.2, -0.15) is 0 Å². The number of hydrogen-bond acceptors (Lipinski definition) is 18. The summed E-state index contributed by atoms with van der Waals surface area (Å²) in [6.07, 6.45) is 9.25. The van der Waals surface area contributed by atoms with Gasteiger partial charge in [0.25, 0.3) is 0 Å². The Kier molecular flexibility index (Phi) is 29.2. The number of unbranched alkanes of at least 4 members (excludes halogenated alkanes) is 2. The Bertz CT molecular complexity index is 1580. The van der Waals surface area contributed by atoms with Gasteiger partial charge in [-0.05, 0) is 64.2 Å². The third kappa shape index (κ3) is 19.6. The summed E-state index contributed by atoms with van der Waals surface area (Å²) in [7, 11) is 0. The van der Waals surface area contributed by atoms with Gasteiger partial charge in [0.15, 0.2) is 18.9 Å². The first kappa shape index (κ1) is 59.3. The van der Waals surface area contributed by atoms with E-state index >= 15 is 0 Å². The van der Waals surface area contributed by atoms with Gasteiger partial charge >= 0.3 is 0 Å². The molecular formula is C49H79NO18. The van der Waals surface area contributed by atoms with Crippen LogP contribution in [0.5, 0.6) is 0 Å². The first-order chi connectivity index (χ1) is 32.8. The maximum atomic E-state index is 13.1. The van der Waals surface area contributed by atoms with Gasteiger partial charge in [-0.1, -0.05) is 98.9 Å². The average molecular weight is 970 g/mol. The van der Waals surface area contributed by atoms with Gasteiger partial charge in [-0.3, -0.25) is 4.79 Å². The van der Waals surface area contributed by atoms with E-state index in [0.717, 1.165) is 44.9 Å². The van der Waals surface area contributed by atoms with Crippen LogP contribution in [0, 0.1) is 0 Å². The van der Waals surface area contributed by atoms with E-state index in [4.69, 9.17) is 28.4 Å². The monoisotopic (exact) mass is 970 g/mol. The highest BCUT2D eigenvalue weighted by Crippen LogP contribution is 2.33. The van der Waals surface area contributed by atoms with Crippen molar-refractivity contribution in [3.8, 4) is 0 Å². The second-order valence-corrected chi connectivity index (χ2v) is 16.8. The van der Waals surface area contributed by atoms with E-state index in [9.17, 15) is 61.0 Å². The quantitative estimate of drug-likeness (QED) is 0.0345. The zero-order chi connectivity index (χ0) is 49.8. The van der Waals surface area contributed by atoms with E-state index < -0.39 is 131 Å². The highest BCUT2D eigenvalue weighted by atomic mass is 16.8. The topological polar surface area (TPSA) is 307 Å². The van der Waals surface area contributed by atoms with E-state index in [1.165, 1.54) is 6.08 Å². The lowest BCUT2D eigenvalue weighted by Gasteiger charge is -2.48. The van der Waals surface area contributed by atoms with Gasteiger partial charge in [0.2, 0.25) is 5.91 Å². The van der Waals surface area contributed by atoms with Crippen LogP contribution in [0.2, 0.25) is 0 Å². The van der Waals surface area contributed by atoms with Crippen LogP contribution in [0.4, 0.5) is 0 Å². The molecule has 0 radical (unpaired) electrons. The molecule has 0 aromatic carbocycles. The molecule has 3 heterocycles. The lowest BCUT2D eigenvalue weighted by Crippen LogP contribution is -2.66. The molecule has 3 aliphatic heterocycles. The third-order valence-electron chi connectivity index (χ3n) is 11.4. The minimum Gasteiger partial charge on any atom is -0.394 e. The lowest BCUT2D eigenvalue weighted by molar-refractivity contribution is -0.379. The molecule has 388 valence electrons. The summed E-state index contributed by atoms with van der Waals surface area (Å²) < 4.78 is 33.9. The lowest BCUT2D eigenvalue weighted by atomic mass is 9.96. The van der Waals surface area contributed by atoms with E-state index in [0.29, 0.717) is 19.3 Å². The fourth-order valence-electron chi connectivity index (χ4n) is 7.47. The molecule has 68 heavy (non-hydrogen) atoms. The van der Waals surface area contributed by atoms with E-state index in [1.54, 1.807) is 6.08 Å². The normalized spacial score (nSPS) is 33.9. The SMILES string of the molecule is CC/C=C\C/C=C\C/C=C\C/C=C\CCC(=O)NC(COC1OC(CO)C(OC2OC(CO)C(OC3OC(CO)C(O)C(O)C3O)C(O)C2O)C(O)C1O)C(O)/C=C/CC/C=C/CC/C=C/CC. The molecule has 0 spiro atoms. The number of allylic oxidation sites excluding steroid dienone is 13. The van der Waals surface area contributed by atoms with Crippen molar-refractivity contribution in [2.75, 3.05) is 26.4 Å². The Morgan fingerprint density at radius 1 is 0.515 bits per heavy atom. The number of carbonyl (C=O) groups excluding carboxylic acids is 1. The summed E-state index contributed by atoms with van der Waals surface area (Å²) in [5, 5.41) is 119. The molecule has 0 aromatic heterocycles. The Morgan fingerprint density at radius 3 is 1.46 bits per heavy atom. The second-order valence-electron chi connectivity index (χ2n) is 16.8. The molecule has 17 unspecified atom stereocenters. The molecular weight excluding hydrogens is 891 g/mol. The van der Waals surface area contributed by atoms with Crippen molar-refractivity contribution in [3.05, 3.63) is 85.1 Å². The molecule has 1 amide bonds. The number of amides is 1. The van der Waals surface area contributed by atoms with Gasteiger partial charge in [-0.25, -0.2) is 0 Å². The van der Waals surface area contributed by atoms with Crippen LogP contribution in [0.3, 0.4) is 0 Å². The van der Waals surface area contributed by atoms with Crippen LogP contribution in [-0.4, -0.2) is 193 Å². The standard InChI is InChI=1S/C49H79NO18/c1-3-5-7-9-11-13-15-16-17-19-21-23-25-27-37(55)50-32(33(54)26-24-22-20-18-14-12-10-8-6-4-2)31-63-47-43(61)40(58)45(35(29-52)65-47)68-49-44(62)41(59)46(36(30-53)66-49)67-48-42(60)39(57)38(56)34(28-51)64-48/h5-8,11,13-14,16-18,21,23-24,26,32-36,38-49,51-54,56-62H,3-4,9-10,12,15,19-20,22,25,27-31H2,1-2H3,(H,50,55)/b7-5-,8-6+,13-11-,17-16-,18-14+,23-21-,26-24+. The Hall–Kier alpha value is -3.03. The molecule has 3 saturated heterocycles. The first-order valence-electron chi connectivity index (χ1n) is 23.8. The smallest absolute Gasteiger partial charge is 0.220 e. The number of aliphatic hydroxyl groups excluding tert-OH is 11. The third-order valence-corrected chi connectivity index (χ3v) is 11.4. The molecule has 0 aromatic rings. The number of carbonyl (C=O) groups is 1. The van der Waals surface area contributed by atoms with Gasteiger partial charge in [0.05, 0.1) is 38.6 Å². The molecule has 12 N–H and O–H groups in total. The molecule has 19 nitrogen and oxygen atoms in total. The Morgan fingerprint density at radius 2 is 0.926 bits per heavy atom. The minimum absolute atomic E-state index is 0.105. The molecule has 0 bridgehead atoms. The molecule has 3 rings (SSSR count). The molecule has 17 atom stereocenters. The summed E-state index contributed by atoms with van der Waals surface area (Å²) in [5.41, 5.74) is 0. The molecule has 19 heteroatoms. The van der Waals surface area contributed by atoms with Crippen LogP contribution in [0.15, 0.2) is 85.1 Å². The van der Waals surface area contributed by atoms with Crippen LogP contribution in [0.1, 0.15) is 84.5 Å². The van der Waals surface area contributed by atoms with Crippen molar-refractivity contribution in [2.24, 2.45) is 0 Å². The summed E-state index contributed by atoms with van der Waals surface area (Å²) in [5.74, 6) is -0.379. The maximum absolute atomic E-state index is 13.1. The van der Waals surface area contributed by atoms with E-state index in [1.807, 2.05) is 18.2 Å².